The van der Waals surface area contributed by atoms with Gasteiger partial charge in [0.25, 0.3) is 0 Å². The first-order valence-corrected chi connectivity index (χ1v) is 4.92. The maximum atomic E-state index is 10.8. The molecule has 0 spiro atoms. The summed E-state index contributed by atoms with van der Waals surface area (Å²) in [5.41, 5.74) is 1.30. The van der Waals surface area contributed by atoms with Gasteiger partial charge in [-0.3, -0.25) is 0 Å². The second kappa shape index (κ2) is 5.65. The van der Waals surface area contributed by atoms with E-state index in [9.17, 15) is 9.59 Å². The molecular formula is C13H12O4. The van der Waals surface area contributed by atoms with Crippen LogP contribution in [0.15, 0.2) is 48.1 Å². The minimum absolute atomic E-state index is 0.251. The fraction of sp³-hybridized carbons (Fsp3) is 0.0769. The lowest BCUT2D eigenvalue weighted by Gasteiger charge is -2.01. The number of allylic oxidation sites excluding steroid dienone is 1. The molecule has 0 fully saturated rings. The van der Waals surface area contributed by atoms with Crippen molar-refractivity contribution in [1.29, 1.82) is 0 Å². The van der Waals surface area contributed by atoms with Gasteiger partial charge in [0.2, 0.25) is 0 Å². The Hall–Kier alpha value is -2.36. The summed E-state index contributed by atoms with van der Waals surface area (Å²) in [6.45, 7) is 1.73. The van der Waals surface area contributed by atoms with Gasteiger partial charge in [-0.25, -0.2) is 9.59 Å². The molecule has 1 aromatic rings. The van der Waals surface area contributed by atoms with Crippen LogP contribution in [0.3, 0.4) is 0 Å². The molecule has 0 aliphatic heterocycles. The molecule has 0 amide bonds. The lowest BCUT2D eigenvalue weighted by Crippen LogP contribution is -2.02. The molecule has 0 aliphatic rings. The van der Waals surface area contributed by atoms with E-state index in [4.69, 9.17) is 10.2 Å². The van der Waals surface area contributed by atoms with E-state index in [0.29, 0.717) is 11.6 Å². The van der Waals surface area contributed by atoms with Crippen LogP contribution in [0.5, 0.6) is 0 Å². The highest BCUT2D eigenvalue weighted by Gasteiger charge is 2.07. The summed E-state index contributed by atoms with van der Waals surface area (Å²) >= 11 is 0. The summed E-state index contributed by atoms with van der Waals surface area (Å²) in [4.78, 5) is 21.3. The molecule has 0 radical (unpaired) electrons. The van der Waals surface area contributed by atoms with Gasteiger partial charge in [-0.15, -0.1) is 0 Å². The highest BCUT2D eigenvalue weighted by atomic mass is 16.4. The largest absolute Gasteiger partial charge is 0.478 e. The maximum absolute atomic E-state index is 10.8. The molecule has 0 atom stereocenters. The predicted octanol–water partition coefficient (Wildman–Crippen LogP) is 2.19. The Kier molecular flexibility index (Phi) is 4.22. The second-order valence-electron chi connectivity index (χ2n) is 3.44. The Morgan fingerprint density at radius 2 is 1.65 bits per heavy atom. The fourth-order valence-corrected chi connectivity index (χ4v) is 1.32. The minimum atomic E-state index is -1.28. The Morgan fingerprint density at radius 1 is 1.06 bits per heavy atom. The molecule has 0 saturated carbocycles. The van der Waals surface area contributed by atoms with E-state index in [1.54, 1.807) is 6.92 Å². The summed E-state index contributed by atoms with van der Waals surface area (Å²) in [5, 5.41) is 17.4. The van der Waals surface area contributed by atoms with Crippen LogP contribution >= 0.6 is 0 Å². The average Bonchev–Trinajstić information content (AvgIpc) is 2.28. The number of carboxylic acid groups (broad SMARTS) is 2. The number of carboxylic acids is 2. The summed E-state index contributed by atoms with van der Waals surface area (Å²) in [6, 6.07) is 9.15. The Balaban J connectivity index is 3.08. The molecule has 4 heteroatoms. The number of carbonyl (C=O) groups is 2. The molecule has 0 aromatic heterocycles. The minimum Gasteiger partial charge on any atom is -0.478 e. The fourth-order valence-electron chi connectivity index (χ4n) is 1.32. The Bertz CT molecular complexity index is 483. The van der Waals surface area contributed by atoms with Gasteiger partial charge in [-0.05, 0) is 24.1 Å². The number of hydrogen-bond donors (Lipinski definition) is 2. The zero-order chi connectivity index (χ0) is 12.8. The van der Waals surface area contributed by atoms with Crippen molar-refractivity contribution in [3.05, 3.63) is 53.6 Å². The van der Waals surface area contributed by atoms with E-state index < -0.39 is 11.9 Å². The summed E-state index contributed by atoms with van der Waals surface area (Å²) in [6.07, 6.45) is 2.01. The van der Waals surface area contributed by atoms with Crippen molar-refractivity contribution in [2.75, 3.05) is 0 Å². The summed E-state index contributed by atoms with van der Waals surface area (Å²) < 4.78 is 0. The van der Waals surface area contributed by atoms with E-state index in [2.05, 4.69) is 0 Å². The van der Waals surface area contributed by atoms with Crippen LogP contribution in [-0.4, -0.2) is 22.2 Å². The molecule has 1 rings (SSSR count). The molecule has 88 valence electrons. The normalized spacial score (nSPS) is 12.3. The Morgan fingerprint density at radius 3 is 2.12 bits per heavy atom. The summed E-state index contributed by atoms with van der Waals surface area (Å²) in [7, 11) is 0. The van der Waals surface area contributed by atoms with Gasteiger partial charge in [0, 0.05) is 6.08 Å². The van der Waals surface area contributed by atoms with Crippen molar-refractivity contribution >= 4 is 17.5 Å². The van der Waals surface area contributed by atoms with E-state index in [-0.39, 0.29) is 5.57 Å². The number of aliphatic carboxylic acids is 2. The third-order valence-corrected chi connectivity index (χ3v) is 2.13. The van der Waals surface area contributed by atoms with Gasteiger partial charge in [0.05, 0.1) is 5.57 Å². The maximum Gasteiger partial charge on any atom is 0.335 e. The number of hydrogen-bond acceptors (Lipinski definition) is 2. The van der Waals surface area contributed by atoms with Crippen molar-refractivity contribution in [3.8, 4) is 0 Å². The third kappa shape index (κ3) is 3.95. The zero-order valence-corrected chi connectivity index (χ0v) is 9.25. The molecule has 0 bridgehead atoms. The van der Waals surface area contributed by atoms with Gasteiger partial charge in [0.1, 0.15) is 0 Å². The molecule has 4 nitrogen and oxygen atoms in total. The van der Waals surface area contributed by atoms with Crippen LogP contribution < -0.4 is 0 Å². The van der Waals surface area contributed by atoms with Crippen LogP contribution in [0.1, 0.15) is 12.5 Å². The first kappa shape index (κ1) is 12.7. The molecule has 0 heterocycles. The van der Waals surface area contributed by atoms with E-state index in [1.165, 1.54) is 6.08 Å². The first-order chi connectivity index (χ1) is 8.00. The number of benzene rings is 1. The average molecular weight is 232 g/mol. The molecule has 0 unspecified atom stereocenters. The smallest absolute Gasteiger partial charge is 0.335 e. The quantitative estimate of drug-likeness (QED) is 0.616. The monoisotopic (exact) mass is 232 g/mol. The van der Waals surface area contributed by atoms with Crippen LogP contribution in [0.4, 0.5) is 0 Å². The van der Waals surface area contributed by atoms with Crippen molar-refractivity contribution in [1.82, 2.24) is 0 Å². The lowest BCUT2D eigenvalue weighted by molar-refractivity contribution is -0.134. The molecule has 17 heavy (non-hydrogen) atoms. The third-order valence-electron chi connectivity index (χ3n) is 2.13. The van der Waals surface area contributed by atoms with Crippen molar-refractivity contribution < 1.29 is 19.8 Å². The zero-order valence-electron chi connectivity index (χ0n) is 9.25. The van der Waals surface area contributed by atoms with Gasteiger partial charge < -0.3 is 10.2 Å². The molecule has 0 saturated heterocycles. The lowest BCUT2D eigenvalue weighted by atomic mass is 10.0. The van der Waals surface area contributed by atoms with Crippen molar-refractivity contribution in [3.63, 3.8) is 0 Å². The van der Waals surface area contributed by atoms with Crippen molar-refractivity contribution in [2.24, 2.45) is 0 Å². The predicted molar refractivity (Wildman–Crippen MR) is 63.4 cm³/mol. The van der Waals surface area contributed by atoms with Crippen LogP contribution in [0.25, 0.3) is 5.57 Å². The SMILES string of the molecule is CC(=CC(=CC(=O)O)C(=O)O)c1ccccc1. The molecule has 2 N–H and O–H groups in total. The van der Waals surface area contributed by atoms with Crippen LogP contribution in [-0.2, 0) is 9.59 Å². The van der Waals surface area contributed by atoms with Crippen molar-refractivity contribution in [2.45, 2.75) is 6.92 Å². The van der Waals surface area contributed by atoms with Gasteiger partial charge in [0.15, 0.2) is 0 Å². The van der Waals surface area contributed by atoms with E-state index in [0.717, 1.165) is 5.56 Å². The van der Waals surface area contributed by atoms with Gasteiger partial charge >= 0.3 is 11.9 Å². The van der Waals surface area contributed by atoms with E-state index in [1.807, 2.05) is 30.3 Å². The van der Waals surface area contributed by atoms with Crippen LogP contribution in [0.2, 0.25) is 0 Å². The first-order valence-electron chi connectivity index (χ1n) is 4.92. The molecule has 0 aliphatic carbocycles. The number of rotatable bonds is 4. The summed E-state index contributed by atoms with van der Waals surface area (Å²) in [5.74, 6) is -2.54. The molecular weight excluding hydrogens is 220 g/mol. The Labute approximate surface area is 98.5 Å². The van der Waals surface area contributed by atoms with Crippen LogP contribution in [0, 0.1) is 0 Å². The van der Waals surface area contributed by atoms with E-state index >= 15 is 0 Å². The van der Waals surface area contributed by atoms with Gasteiger partial charge in [-0.2, -0.15) is 0 Å². The highest BCUT2D eigenvalue weighted by molar-refractivity contribution is 5.98. The second-order valence-corrected chi connectivity index (χ2v) is 3.44. The molecule has 1 aromatic carbocycles. The highest BCUT2D eigenvalue weighted by Crippen LogP contribution is 2.15. The standard InChI is InChI=1S/C13H12O4/c1-9(10-5-3-2-4-6-10)7-11(13(16)17)8-12(14)15/h2-8H,1H3,(H,14,15)(H,16,17). The topological polar surface area (TPSA) is 74.6 Å². The van der Waals surface area contributed by atoms with Gasteiger partial charge in [-0.1, -0.05) is 30.3 Å².